The highest BCUT2D eigenvalue weighted by molar-refractivity contribution is 5.85. The van der Waals surface area contributed by atoms with Crippen LogP contribution in [-0.4, -0.2) is 11.4 Å². The van der Waals surface area contributed by atoms with Gasteiger partial charge in [-0.1, -0.05) is 0 Å². The molecule has 2 heteroatoms. The highest BCUT2D eigenvalue weighted by Gasteiger charge is 2.62. The minimum absolute atomic E-state index is 0.271. The highest BCUT2D eigenvalue weighted by atomic mass is 16.2. The van der Waals surface area contributed by atoms with Gasteiger partial charge in [0.15, 0.2) is 0 Å². The lowest BCUT2D eigenvalue weighted by atomic mass is 9.82. The standard InChI is InChI=1S/C8H11NO/c10-7-4-8(9-7)2-1-5-3-6(5)8/h5-6H,1-4H2,(H,9,10). The average Bonchev–Trinajstić information content (AvgIpc) is 2.52. The van der Waals surface area contributed by atoms with Crippen molar-refractivity contribution in [2.45, 2.75) is 31.2 Å². The van der Waals surface area contributed by atoms with Crippen LogP contribution in [0.2, 0.25) is 0 Å². The third kappa shape index (κ3) is 0.414. The van der Waals surface area contributed by atoms with Crippen molar-refractivity contribution in [2.75, 3.05) is 0 Å². The van der Waals surface area contributed by atoms with E-state index in [0.29, 0.717) is 5.54 Å². The Morgan fingerprint density at radius 1 is 1.60 bits per heavy atom. The number of hydrogen-bond acceptors (Lipinski definition) is 1. The van der Waals surface area contributed by atoms with Crippen molar-refractivity contribution in [3.8, 4) is 0 Å². The summed E-state index contributed by atoms with van der Waals surface area (Å²) >= 11 is 0. The number of amides is 1. The van der Waals surface area contributed by atoms with E-state index in [1.54, 1.807) is 0 Å². The predicted molar refractivity (Wildman–Crippen MR) is 36.3 cm³/mol. The first-order valence-corrected chi connectivity index (χ1v) is 4.11. The molecule has 1 saturated heterocycles. The molecule has 1 aliphatic heterocycles. The molecule has 0 aromatic rings. The Morgan fingerprint density at radius 3 is 2.80 bits per heavy atom. The van der Waals surface area contributed by atoms with Crippen molar-refractivity contribution < 1.29 is 4.79 Å². The van der Waals surface area contributed by atoms with E-state index in [-0.39, 0.29) is 5.91 Å². The van der Waals surface area contributed by atoms with Gasteiger partial charge < -0.3 is 5.32 Å². The molecule has 3 rings (SSSR count). The fourth-order valence-corrected chi connectivity index (χ4v) is 2.79. The zero-order valence-corrected chi connectivity index (χ0v) is 5.89. The minimum atomic E-state index is 0.271. The molecule has 0 bridgehead atoms. The van der Waals surface area contributed by atoms with Crippen molar-refractivity contribution in [1.29, 1.82) is 0 Å². The molecule has 54 valence electrons. The van der Waals surface area contributed by atoms with E-state index in [1.807, 2.05) is 0 Å². The number of β-lactam (4-membered cyclic amide) rings is 1. The van der Waals surface area contributed by atoms with Gasteiger partial charge in [-0.3, -0.25) is 4.79 Å². The number of hydrogen-bond donors (Lipinski definition) is 1. The molecule has 3 unspecified atom stereocenters. The van der Waals surface area contributed by atoms with E-state index in [9.17, 15) is 4.79 Å². The maximum atomic E-state index is 10.7. The maximum absolute atomic E-state index is 10.7. The molecule has 0 aromatic carbocycles. The molecule has 1 spiro atoms. The second kappa shape index (κ2) is 1.25. The number of rotatable bonds is 0. The first-order valence-electron chi connectivity index (χ1n) is 4.11. The van der Waals surface area contributed by atoms with Gasteiger partial charge in [0.25, 0.3) is 0 Å². The van der Waals surface area contributed by atoms with Crippen LogP contribution in [0.3, 0.4) is 0 Å². The second-order valence-electron chi connectivity index (χ2n) is 4.02. The summed E-state index contributed by atoms with van der Waals surface area (Å²) in [7, 11) is 0. The van der Waals surface area contributed by atoms with E-state index in [4.69, 9.17) is 0 Å². The van der Waals surface area contributed by atoms with Gasteiger partial charge >= 0.3 is 0 Å². The fraction of sp³-hybridized carbons (Fsp3) is 0.875. The molecule has 2 saturated carbocycles. The summed E-state index contributed by atoms with van der Waals surface area (Å²) in [6, 6.07) is 0. The molecule has 2 aliphatic carbocycles. The van der Waals surface area contributed by atoms with Crippen molar-refractivity contribution >= 4 is 5.91 Å². The third-order valence-corrected chi connectivity index (χ3v) is 3.46. The second-order valence-corrected chi connectivity index (χ2v) is 4.02. The van der Waals surface area contributed by atoms with Crippen molar-refractivity contribution in [3.05, 3.63) is 0 Å². The van der Waals surface area contributed by atoms with Crippen molar-refractivity contribution in [2.24, 2.45) is 11.8 Å². The van der Waals surface area contributed by atoms with Crippen LogP contribution < -0.4 is 5.32 Å². The average molecular weight is 137 g/mol. The predicted octanol–water partition coefficient (Wildman–Crippen LogP) is 0.675. The van der Waals surface area contributed by atoms with Gasteiger partial charge in [0.05, 0.1) is 5.54 Å². The van der Waals surface area contributed by atoms with Crippen LogP contribution in [0.1, 0.15) is 25.7 Å². The molecule has 10 heavy (non-hydrogen) atoms. The van der Waals surface area contributed by atoms with Crippen LogP contribution in [-0.2, 0) is 4.79 Å². The molecule has 3 atom stereocenters. The number of fused-ring (bicyclic) bond motifs is 2. The lowest BCUT2D eigenvalue weighted by molar-refractivity contribution is -0.133. The fourth-order valence-electron chi connectivity index (χ4n) is 2.79. The summed E-state index contributed by atoms with van der Waals surface area (Å²) in [5.41, 5.74) is 0.321. The normalized spacial score (nSPS) is 55.8. The van der Waals surface area contributed by atoms with E-state index >= 15 is 0 Å². The summed E-state index contributed by atoms with van der Waals surface area (Å²) in [5.74, 6) is 2.14. The topological polar surface area (TPSA) is 29.1 Å². The lowest BCUT2D eigenvalue weighted by Crippen LogP contribution is -2.61. The summed E-state index contributed by atoms with van der Waals surface area (Å²) in [4.78, 5) is 10.7. The molecule has 3 aliphatic rings. The van der Waals surface area contributed by atoms with Gasteiger partial charge in [-0.25, -0.2) is 0 Å². The van der Waals surface area contributed by atoms with Gasteiger partial charge in [-0.2, -0.15) is 0 Å². The van der Waals surface area contributed by atoms with Gasteiger partial charge in [0.2, 0.25) is 5.91 Å². The highest BCUT2D eigenvalue weighted by Crippen LogP contribution is 2.60. The number of carbonyl (C=O) groups is 1. The van der Waals surface area contributed by atoms with Crippen LogP contribution in [0, 0.1) is 11.8 Å². The molecule has 0 aromatic heterocycles. The summed E-state index contributed by atoms with van der Waals surface area (Å²) in [6.45, 7) is 0. The van der Waals surface area contributed by atoms with E-state index < -0.39 is 0 Å². The van der Waals surface area contributed by atoms with Gasteiger partial charge in [0.1, 0.15) is 0 Å². The largest absolute Gasteiger partial charge is 0.350 e. The number of nitrogens with one attached hydrogen (secondary N) is 1. The Balaban J connectivity index is 1.87. The molecule has 0 radical (unpaired) electrons. The van der Waals surface area contributed by atoms with Crippen molar-refractivity contribution in [1.82, 2.24) is 5.32 Å². The van der Waals surface area contributed by atoms with Crippen LogP contribution in [0.15, 0.2) is 0 Å². The molecular formula is C8H11NO. The summed E-state index contributed by atoms with van der Waals surface area (Å²) in [5, 5.41) is 3.07. The molecule has 1 amide bonds. The summed E-state index contributed by atoms with van der Waals surface area (Å²) in [6.07, 6.45) is 4.84. The van der Waals surface area contributed by atoms with Crippen LogP contribution >= 0.6 is 0 Å². The van der Waals surface area contributed by atoms with Gasteiger partial charge in [-0.15, -0.1) is 0 Å². The van der Waals surface area contributed by atoms with E-state index in [0.717, 1.165) is 18.3 Å². The molecule has 1 N–H and O–H groups in total. The monoisotopic (exact) mass is 137 g/mol. The lowest BCUT2D eigenvalue weighted by Gasteiger charge is -2.40. The Morgan fingerprint density at radius 2 is 2.40 bits per heavy atom. The van der Waals surface area contributed by atoms with Crippen molar-refractivity contribution in [3.63, 3.8) is 0 Å². The Hall–Kier alpha value is -0.530. The maximum Gasteiger partial charge on any atom is 0.222 e. The number of carbonyl (C=O) groups excluding carboxylic acids is 1. The van der Waals surface area contributed by atoms with Gasteiger partial charge in [-0.05, 0) is 31.1 Å². The first-order chi connectivity index (χ1) is 4.80. The SMILES string of the molecule is O=C1CC2(CCC3CC32)N1. The smallest absolute Gasteiger partial charge is 0.222 e. The first kappa shape index (κ1) is 5.16. The molecule has 2 nitrogen and oxygen atoms in total. The van der Waals surface area contributed by atoms with E-state index in [2.05, 4.69) is 5.32 Å². The van der Waals surface area contributed by atoms with Crippen LogP contribution in [0.25, 0.3) is 0 Å². The van der Waals surface area contributed by atoms with E-state index in [1.165, 1.54) is 19.3 Å². The molecule has 3 fully saturated rings. The Kier molecular flexibility index (Phi) is 0.644. The molecule has 1 heterocycles. The Labute approximate surface area is 60.0 Å². The summed E-state index contributed by atoms with van der Waals surface area (Å²) < 4.78 is 0. The minimum Gasteiger partial charge on any atom is -0.350 e. The van der Waals surface area contributed by atoms with Crippen LogP contribution in [0.5, 0.6) is 0 Å². The zero-order chi connectivity index (χ0) is 6.77. The molecular weight excluding hydrogens is 126 g/mol. The third-order valence-electron chi connectivity index (χ3n) is 3.46. The quantitative estimate of drug-likeness (QED) is 0.489. The van der Waals surface area contributed by atoms with Gasteiger partial charge in [0, 0.05) is 6.42 Å². The zero-order valence-electron chi connectivity index (χ0n) is 5.89. The van der Waals surface area contributed by atoms with Crippen LogP contribution in [0.4, 0.5) is 0 Å². The Bertz CT molecular complexity index is 203.